The van der Waals surface area contributed by atoms with Gasteiger partial charge < -0.3 is 0 Å². The van der Waals surface area contributed by atoms with Gasteiger partial charge in [-0.2, -0.15) is 16.9 Å². The van der Waals surface area contributed by atoms with E-state index in [4.69, 9.17) is 0 Å². The quantitative estimate of drug-likeness (QED) is 0.688. The first-order chi connectivity index (χ1) is 6.20. The molecule has 1 saturated heterocycles. The standard InChI is InChI=1S/C9H16N2OS/c1-7(2)9(12)11-10-8-3-5-13-6-4-8/h7H,3-6H2,1-2H3,(H,11,12). The lowest BCUT2D eigenvalue weighted by Gasteiger charge is -2.12. The predicted octanol–water partition coefficient (Wildman–Crippen LogP) is 1.64. The molecule has 1 aliphatic heterocycles. The van der Waals surface area contributed by atoms with E-state index in [9.17, 15) is 4.79 Å². The molecule has 4 heteroatoms. The van der Waals surface area contributed by atoms with Crippen molar-refractivity contribution in [1.29, 1.82) is 0 Å². The smallest absolute Gasteiger partial charge is 0.242 e. The van der Waals surface area contributed by atoms with Crippen LogP contribution in [0, 0.1) is 5.92 Å². The van der Waals surface area contributed by atoms with Crippen molar-refractivity contribution in [3.8, 4) is 0 Å². The van der Waals surface area contributed by atoms with Crippen LogP contribution < -0.4 is 5.43 Å². The van der Waals surface area contributed by atoms with E-state index in [1.165, 1.54) is 0 Å². The van der Waals surface area contributed by atoms with Crippen LogP contribution in [-0.4, -0.2) is 23.1 Å². The van der Waals surface area contributed by atoms with Crippen molar-refractivity contribution in [2.45, 2.75) is 26.7 Å². The second kappa shape index (κ2) is 5.27. The number of thioether (sulfide) groups is 1. The Morgan fingerprint density at radius 1 is 1.46 bits per heavy atom. The Morgan fingerprint density at radius 2 is 2.08 bits per heavy atom. The van der Waals surface area contributed by atoms with Crippen LogP contribution >= 0.6 is 11.8 Å². The van der Waals surface area contributed by atoms with Crippen LogP contribution in [0.25, 0.3) is 0 Å². The molecule has 1 amide bonds. The van der Waals surface area contributed by atoms with Crippen molar-refractivity contribution in [3.63, 3.8) is 0 Å². The van der Waals surface area contributed by atoms with Crippen molar-refractivity contribution in [2.75, 3.05) is 11.5 Å². The van der Waals surface area contributed by atoms with Gasteiger partial charge in [0.15, 0.2) is 0 Å². The van der Waals surface area contributed by atoms with Gasteiger partial charge in [0.2, 0.25) is 5.91 Å². The summed E-state index contributed by atoms with van der Waals surface area (Å²) in [6, 6.07) is 0. The first-order valence-corrected chi connectivity index (χ1v) is 5.78. The van der Waals surface area contributed by atoms with Gasteiger partial charge in [-0.3, -0.25) is 4.79 Å². The number of amides is 1. The average molecular weight is 200 g/mol. The molecule has 1 N–H and O–H groups in total. The molecule has 0 aliphatic carbocycles. The maximum absolute atomic E-state index is 11.2. The summed E-state index contributed by atoms with van der Waals surface area (Å²) in [6.45, 7) is 3.73. The Labute approximate surface area is 83.4 Å². The van der Waals surface area contributed by atoms with E-state index in [1.807, 2.05) is 25.6 Å². The Bertz CT molecular complexity index is 206. The summed E-state index contributed by atoms with van der Waals surface area (Å²) in [4.78, 5) is 11.2. The lowest BCUT2D eigenvalue weighted by molar-refractivity contribution is -0.123. The Balaban J connectivity index is 2.33. The minimum absolute atomic E-state index is 0.00530. The minimum Gasteiger partial charge on any atom is -0.273 e. The SMILES string of the molecule is CC(C)C(=O)NN=C1CCSCC1. The third-order valence-corrected chi connectivity index (χ3v) is 2.90. The molecule has 74 valence electrons. The Kier molecular flexibility index (Phi) is 4.28. The third kappa shape index (κ3) is 3.81. The zero-order valence-electron chi connectivity index (χ0n) is 8.17. The van der Waals surface area contributed by atoms with E-state index in [0.717, 1.165) is 30.1 Å². The van der Waals surface area contributed by atoms with Crippen LogP contribution in [0.3, 0.4) is 0 Å². The van der Waals surface area contributed by atoms with Crippen LogP contribution in [0.1, 0.15) is 26.7 Å². The first-order valence-electron chi connectivity index (χ1n) is 4.63. The van der Waals surface area contributed by atoms with Gasteiger partial charge in [-0.25, -0.2) is 5.43 Å². The summed E-state index contributed by atoms with van der Waals surface area (Å²) < 4.78 is 0. The number of hydrogen-bond acceptors (Lipinski definition) is 3. The first kappa shape index (κ1) is 10.6. The second-order valence-corrected chi connectivity index (χ2v) is 4.65. The minimum atomic E-state index is 0.00530. The van der Waals surface area contributed by atoms with Gasteiger partial charge in [0.25, 0.3) is 0 Å². The molecule has 0 radical (unpaired) electrons. The van der Waals surface area contributed by atoms with Gasteiger partial charge in [-0.1, -0.05) is 13.8 Å². The molecule has 0 aromatic carbocycles. The van der Waals surface area contributed by atoms with E-state index >= 15 is 0 Å². The molecule has 1 rings (SSSR count). The fourth-order valence-electron chi connectivity index (χ4n) is 0.982. The van der Waals surface area contributed by atoms with Gasteiger partial charge in [0, 0.05) is 11.6 Å². The fourth-order valence-corrected chi connectivity index (χ4v) is 1.95. The van der Waals surface area contributed by atoms with Crippen LogP contribution in [0.4, 0.5) is 0 Å². The molecule has 1 aliphatic rings. The lowest BCUT2D eigenvalue weighted by atomic mass is 10.2. The number of hydrazone groups is 1. The van der Waals surface area contributed by atoms with E-state index in [1.54, 1.807) is 0 Å². The summed E-state index contributed by atoms with van der Waals surface area (Å²) in [7, 11) is 0. The Hall–Kier alpha value is -0.510. The molecule has 1 fully saturated rings. The highest BCUT2D eigenvalue weighted by Gasteiger charge is 2.09. The van der Waals surface area contributed by atoms with Gasteiger partial charge >= 0.3 is 0 Å². The normalized spacial score (nSPS) is 17.3. The molecule has 0 aromatic rings. The largest absolute Gasteiger partial charge is 0.273 e. The molecule has 0 unspecified atom stereocenters. The number of hydrogen-bond donors (Lipinski definition) is 1. The molecule has 13 heavy (non-hydrogen) atoms. The zero-order chi connectivity index (χ0) is 9.68. The molecule has 0 aromatic heterocycles. The molecule has 3 nitrogen and oxygen atoms in total. The molecule has 1 heterocycles. The molecule has 0 atom stereocenters. The van der Waals surface area contributed by atoms with E-state index in [2.05, 4.69) is 10.5 Å². The highest BCUT2D eigenvalue weighted by Crippen LogP contribution is 2.13. The maximum atomic E-state index is 11.2. The summed E-state index contributed by atoms with van der Waals surface area (Å²) in [5.74, 6) is 2.29. The number of nitrogens with one attached hydrogen (secondary N) is 1. The van der Waals surface area contributed by atoms with Gasteiger partial charge in [0.05, 0.1) is 0 Å². The molecular weight excluding hydrogens is 184 g/mol. The molecule has 0 saturated carbocycles. The monoisotopic (exact) mass is 200 g/mol. The van der Waals surface area contributed by atoms with Crippen molar-refractivity contribution >= 4 is 23.4 Å². The topological polar surface area (TPSA) is 41.5 Å². The summed E-state index contributed by atoms with van der Waals surface area (Å²) in [5, 5.41) is 4.11. The highest BCUT2D eigenvalue weighted by atomic mass is 32.2. The third-order valence-electron chi connectivity index (χ3n) is 1.92. The van der Waals surface area contributed by atoms with Crippen molar-refractivity contribution in [2.24, 2.45) is 11.0 Å². The maximum Gasteiger partial charge on any atom is 0.242 e. The number of carbonyl (C=O) groups is 1. The van der Waals surface area contributed by atoms with Crippen molar-refractivity contribution in [1.82, 2.24) is 5.43 Å². The highest BCUT2D eigenvalue weighted by molar-refractivity contribution is 7.99. The van der Waals surface area contributed by atoms with Crippen LogP contribution in [0.2, 0.25) is 0 Å². The second-order valence-electron chi connectivity index (χ2n) is 3.42. The van der Waals surface area contributed by atoms with Crippen molar-refractivity contribution < 1.29 is 4.79 Å². The van der Waals surface area contributed by atoms with Crippen LogP contribution in [-0.2, 0) is 4.79 Å². The Morgan fingerprint density at radius 3 is 2.62 bits per heavy atom. The lowest BCUT2D eigenvalue weighted by Crippen LogP contribution is -2.25. The van der Waals surface area contributed by atoms with Crippen LogP contribution in [0.15, 0.2) is 5.10 Å². The number of rotatable bonds is 2. The van der Waals surface area contributed by atoms with Gasteiger partial charge in [0.1, 0.15) is 0 Å². The van der Waals surface area contributed by atoms with Gasteiger partial charge in [-0.15, -0.1) is 0 Å². The molecule has 0 spiro atoms. The van der Waals surface area contributed by atoms with E-state index < -0.39 is 0 Å². The molecular formula is C9H16N2OS. The van der Waals surface area contributed by atoms with E-state index in [0.29, 0.717) is 0 Å². The summed E-state index contributed by atoms with van der Waals surface area (Å²) in [6.07, 6.45) is 2.03. The number of carbonyl (C=O) groups excluding carboxylic acids is 1. The fraction of sp³-hybridized carbons (Fsp3) is 0.778. The summed E-state index contributed by atoms with van der Waals surface area (Å²) in [5.41, 5.74) is 3.72. The van der Waals surface area contributed by atoms with Gasteiger partial charge in [-0.05, 0) is 24.3 Å². The predicted molar refractivity (Wildman–Crippen MR) is 57.0 cm³/mol. The van der Waals surface area contributed by atoms with E-state index in [-0.39, 0.29) is 11.8 Å². The van der Waals surface area contributed by atoms with Crippen molar-refractivity contribution in [3.05, 3.63) is 0 Å². The zero-order valence-corrected chi connectivity index (χ0v) is 8.99. The average Bonchev–Trinajstić information content (AvgIpc) is 2.15. The summed E-state index contributed by atoms with van der Waals surface area (Å²) >= 11 is 1.95. The van der Waals surface area contributed by atoms with Crippen LogP contribution in [0.5, 0.6) is 0 Å². The number of nitrogens with zero attached hydrogens (tertiary/aromatic N) is 1. The molecule has 0 bridgehead atoms.